The molecule has 6 heteroatoms. The van der Waals surface area contributed by atoms with Crippen molar-refractivity contribution in [2.75, 3.05) is 13.6 Å². The number of carbonyl (C=O) groups excluding carboxylic acids is 1. The van der Waals surface area contributed by atoms with Crippen LogP contribution in [0.25, 0.3) is 22.4 Å². The number of fused-ring (bicyclic) bond motifs is 1. The van der Waals surface area contributed by atoms with Gasteiger partial charge in [-0.1, -0.05) is 18.5 Å². The molecule has 0 N–H and O–H groups in total. The third-order valence-corrected chi connectivity index (χ3v) is 4.36. The van der Waals surface area contributed by atoms with Crippen molar-refractivity contribution in [1.82, 2.24) is 15.0 Å². The van der Waals surface area contributed by atoms with E-state index in [2.05, 4.69) is 17.1 Å². The molecule has 0 atom stereocenters. The van der Waals surface area contributed by atoms with Gasteiger partial charge in [0.25, 0.3) is 11.6 Å². The molecule has 0 bridgehead atoms. The molecule has 132 valence electrons. The molecule has 0 spiro atoms. The van der Waals surface area contributed by atoms with Crippen LogP contribution in [0.2, 0.25) is 0 Å². The second-order valence-electron chi connectivity index (χ2n) is 6.41. The maximum atomic E-state index is 13.0. The fourth-order valence-corrected chi connectivity index (χ4v) is 2.99. The molecule has 25 heavy (non-hydrogen) atoms. The second kappa shape index (κ2) is 6.70. The molecule has 0 aliphatic carbocycles. The Balaban J connectivity index is 2.14. The number of aryl methyl sites for hydroxylation is 3. The molecular weight excluding hydrogens is 318 g/mol. The summed E-state index contributed by atoms with van der Waals surface area (Å²) in [6, 6.07) is 3.73. The van der Waals surface area contributed by atoms with Crippen LogP contribution in [0.4, 0.5) is 0 Å². The van der Waals surface area contributed by atoms with E-state index >= 15 is 0 Å². The van der Waals surface area contributed by atoms with E-state index in [1.54, 1.807) is 4.90 Å². The Bertz CT molecular complexity index is 924. The molecule has 0 saturated carbocycles. The molecule has 0 aliphatic rings. The van der Waals surface area contributed by atoms with Crippen LogP contribution in [-0.2, 0) is 0 Å². The van der Waals surface area contributed by atoms with Gasteiger partial charge in [0.15, 0.2) is 0 Å². The van der Waals surface area contributed by atoms with Crippen molar-refractivity contribution >= 4 is 17.0 Å². The summed E-state index contributed by atoms with van der Waals surface area (Å²) >= 11 is 0. The number of rotatable bonds is 5. The molecular formula is C19H23N3O3. The molecule has 1 amide bonds. The smallest absolute Gasteiger partial charge is 0.259 e. The Morgan fingerprint density at radius 1 is 1.24 bits per heavy atom. The van der Waals surface area contributed by atoms with Crippen molar-refractivity contribution < 1.29 is 13.7 Å². The van der Waals surface area contributed by atoms with E-state index in [1.165, 1.54) is 0 Å². The van der Waals surface area contributed by atoms with Crippen LogP contribution < -0.4 is 0 Å². The largest absolute Gasteiger partial charge is 0.466 e. The lowest BCUT2D eigenvalue weighted by Crippen LogP contribution is -2.28. The van der Waals surface area contributed by atoms with Gasteiger partial charge in [0, 0.05) is 19.2 Å². The molecule has 0 aliphatic heterocycles. The predicted molar refractivity (Wildman–Crippen MR) is 95.6 cm³/mol. The number of amides is 1. The van der Waals surface area contributed by atoms with Crippen molar-refractivity contribution in [3.05, 3.63) is 34.9 Å². The molecule has 3 heterocycles. The first-order valence-electron chi connectivity index (χ1n) is 8.52. The molecule has 0 saturated heterocycles. The first-order chi connectivity index (χ1) is 11.9. The van der Waals surface area contributed by atoms with Crippen LogP contribution in [0.3, 0.4) is 0 Å². The topological polar surface area (TPSA) is 72.4 Å². The van der Waals surface area contributed by atoms with Gasteiger partial charge in [-0.05, 0) is 39.3 Å². The summed E-state index contributed by atoms with van der Waals surface area (Å²) in [5.74, 6) is 1.51. The zero-order valence-electron chi connectivity index (χ0n) is 15.3. The maximum absolute atomic E-state index is 13.0. The van der Waals surface area contributed by atoms with E-state index in [0.29, 0.717) is 34.6 Å². The zero-order chi connectivity index (χ0) is 18.1. The van der Waals surface area contributed by atoms with E-state index in [0.717, 1.165) is 29.9 Å². The van der Waals surface area contributed by atoms with Gasteiger partial charge in [-0.3, -0.25) is 4.79 Å². The van der Waals surface area contributed by atoms with Gasteiger partial charge in [-0.25, -0.2) is 4.98 Å². The molecule has 0 fully saturated rings. The lowest BCUT2D eigenvalue weighted by atomic mass is 10.0. The van der Waals surface area contributed by atoms with Gasteiger partial charge < -0.3 is 13.8 Å². The standard InChI is InChI=1S/C19H23N3O3/c1-6-7-8-22(5)19(23)15-10-16(14-9-11(2)24-13(14)4)20-18-17(15)12(3)21-25-18/h9-10H,6-8H2,1-5H3. The number of hydrogen-bond donors (Lipinski definition) is 0. The Kier molecular flexibility index (Phi) is 4.61. The summed E-state index contributed by atoms with van der Waals surface area (Å²) < 4.78 is 11.0. The Hall–Kier alpha value is -2.63. The summed E-state index contributed by atoms with van der Waals surface area (Å²) in [6.07, 6.45) is 2.00. The fraction of sp³-hybridized carbons (Fsp3) is 0.421. The van der Waals surface area contributed by atoms with Crippen molar-refractivity contribution in [2.24, 2.45) is 0 Å². The van der Waals surface area contributed by atoms with Crippen molar-refractivity contribution in [1.29, 1.82) is 0 Å². The number of hydrogen-bond acceptors (Lipinski definition) is 5. The lowest BCUT2D eigenvalue weighted by Gasteiger charge is -2.17. The number of carbonyl (C=O) groups is 1. The second-order valence-corrected chi connectivity index (χ2v) is 6.41. The minimum atomic E-state index is -0.0498. The van der Waals surface area contributed by atoms with Crippen LogP contribution in [0.5, 0.6) is 0 Å². The summed E-state index contributed by atoms with van der Waals surface area (Å²) in [5.41, 5.74) is 3.13. The maximum Gasteiger partial charge on any atom is 0.259 e. The zero-order valence-corrected chi connectivity index (χ0v) is 15.3. The highest BCUT2D eigenvalue weighted by atomic mass is 16.5. The van der Waals surface area contributed by atoms with E-state index in [4.69, 9.17) is 8.94 Å². The van der Waals surface area contributed by atoms with Gasteiger partial charge in [0.1, 0.15) is 11.5 Å². The van der Waals surface area contributed by atoms with Gasteiger partial charge in [0.2, 0.25) is 0 Å². The average Bonchev–Trinajstić information content (AvgIpc) is 3.13. The van der Waals surface area contributed by atoms with Crippen LogP contribution in [0.1, 0.15) is 47.3 Å². The minimum Gasteiger partial charge on any atom is -0.466 e. The number of unbranched alkanes of at least 4 members (excludes halogenated alkanes) is 1. The Morgan fingerprint density at radius 3 is 2.64 bits per heavy atom. The highest BCUT2D eigenvalue weighted by molar-refractivity contribution is 6.06. The predicted octanol–water partition coefficient (Wildman–Crippen LogP) is 4.28. The van der Waals surface area contributed by atoms with E-state index in [1.807, 2.05) is 40.0 Å². The number of pyridine rings is 1. The molecule has 0 radical (unpaired) electrons. The molecule has 0 aromatic carbocycles. The summed E-state index contributed by atoms with van der Waals surface area (Å²) in [5, 5.41) is 4.67. The first kappa shape index (κ1) is 17.2. The van der Waals surface area contributed by atoms with E-state index in [-0.39, 0.29) is 5.91 Å². The van der Waals surface area contributed by atoms with E-state index in [9.17, 15) is 4.79 Å². The minimum absolute atomic E-state index is 0.0498. The molecule has 0 unspecified atom stereocenters. The highest BCUT2D eigenvalue weighted by Crippen LogP contribution is 2.30. The summed E-state index contributed by atoms with van der Waals surface area (Å²) in [6.45, 7) is 8.41. The van der Waals surface area contributed by atoms with Gasteiger partial charge in [0.05, 0.1) is 22.3 Å². The van der Waals surface area contributed by atoms with Crippen molar-refractivity contribution in [3.63, 3.8) is 0 Å². The van der Waals surface area contributed by atoms with Crippen LogP contribution in [-0.4, -0.2) is 34.5 Å². The third-order valence-electron chi connectivity index (χ3n) is 4.36. The van der Waals surface area contributed by atoms with Crippen LogP contribution >= 0.6 is 0 Å². The first-order valence-corrected chi connectivity index (χ1v) is 8.52. The number of nitrogens with zero attached hydrogens (tertiary/aromatic N) is 3. The van der Waals surface area contributed by atoms with Crippen LogP contribution in [0.15, 0.2) is 21.1 Å². The lowest BCUT2D eigenvalue weighted by molar-refractivity contribution is 0.0795. The Morgan fingerprint density at radius 2 is 2.00 bits per heavy atom. The number of furan rings is 1. The third kappa shape index (κ3) is 3.16. The Labute approximate surface area is 146 Å². The quantitative estimate of drug-likeness (QED) is 0.692. The summed E-state index contributed by atoms with van der Waals surface area (Å²) in [4.78, 5) is 19.3. The molecule has 3 aromatic rings. The molecule has 3 aromatic heterocycles. The molecule has 6 nitrogen and oxygen atoms in total. The van der Waals surface area contributed by atoms with Gasteiger partial charge >= 0.3 is 0 Å². The monoisotopic (exact) mass is 341 g/mol. The highest BCUT2D eigenvalue weighted by Gasteiger charge is 2.22. The SMILES string of the molecule is CCCCN(C)C(=O)c1cc(-c2cc(C)oc2C)nc2onc(C)c12. The fourth-order valence-electron chi connectivity index (χ4n) is 2.99. The normalized spacial score (nSPS) is 11.2. The average molecular weight is 341 g/mol. The van der Waals surface area contributed by atoms with Gasteiger partial charge in [-0.15, -0.1) is 0 Å². The number of aromatic nitrogens is 2. The molecule has 3 rings (SSSR count). The van der Waals surface area contributed by atoms with Crippen molar-refractivity contribution in [3.8, 4) is 11.3 Å². The summed E-state index contributed by atoms with van der Waals surface area (Å²) in [7, 11) is 1.82. The van der Waals surface area contributed by atoms with Gasteiger partial charge in [-0.2, -0.15) is 0 Å². The van der Waals surface area contributed by atoms with E-state index < -0.39 is 0 Å². The van der Waals surface area contributed by atoms with Crippen molar-refractivity contribution in [2.45, 2.75) is 40.5 Å². The van der Waals surface area contributed by atoms with Crippen LogP contribution in [0, 0.1) is 20.8 Å².